The zero-order valence-electron chi connectivity index (χ0n) is 9.23. The lowest BCUT2D eigenvalue weighted by Gasteiger charge is -2.30. The van der Waals surface area contributed by atoms with Crippen molar-refractivity contribution in [1.29, 1.82) is 0 Å². The Labute approximate surface area is 92.8 Å². The largest absolute Gasteiger partial charge is 0.389 e. The average Bonchev–Trinajstić information content (AvgIpc) is 2.18. The molecule has 0 aromatic carbocycles. The van der Waals surface area contributed by atoms with Crippen molar-refractivity contribution in [3.8, 4) is 0 Å². The van der Waals surface area contributed by atoms with Gasteiger partial charge in [-0.3, -0.25) is 4.79 Å². The maximum Gasteiger partial charge on any atom is 0.389 e. The van der Waals surface area contributed by atoms with E-state index in [1.807, 2.05) is 6.92 Å². The number of alkyl halides is 3. The third-order valence-electron chi connectivity index (χ3n) is 2.77. The smallest absolute Gasteiger partial charge is 0.353 e. The number of piperidine rings is 1. The number of amides is 1. The fraction of sp³-hybridized carbons (Fsp3) is 0.900. The molecule has 0 aromatic heterocycles. The Morgan fingerprint density at radius 1 is 1.50 bits per heavy atom. The van der Waals surface area contributed by atoms with Gasteiger partial charge in [0.05, 0.1) is 6.42 Å². The van der Waals surface area contributed by atoms with Gasteiger partial charge in [-0.15, -0.1) is 0 Å². The van der Waals surface area contributed by atoms with Gasteiger partial charge in [0.15, 0.2) is 0 Å². The topological polar surface area (TPSA) is 41.1 Å². The number of rotatable bonds is 3. The van der Waals surface area contributed by atoms with Crippen LogP contribution in [-0.2, 0) is 4.79 Å². The third kappa shape index (κ3) is 4.83. The van der Waals surface area contributed by atoms with Crippen LogP contribution in [0.4, 0.5) is 13.2 Å². The van der Waals surface area contributed by atoms with Crippen molar-refractivity contribution < 1.29 is 18.0 Å². The average molecular weight is 238 g/mol. The molecule has 3 nitrogen and oxygen atoms in total. The first kappa shape index (κ1) is 13.3. The summed E-state index contributed by atoms with van der Waals surface area (Å²) in [5.74, 6) is -0.236. The Kier molecular flexibility index (Phi) is 4.58. The maximum absolute atomic E-state index is 11.9. The van der Waals surface area contributed by atoms with E-state index < -0.39 is 24.9 Å². The normalized spacial score (nSPS) is 26.5. The molecule has 1 fully saturated rings. The van der Waals surface area contributed by atoms with Gasteiger partial charge in [0.2, 0.25) is 5.91 Å². The lowest BCUT2D eigenvalue weighted by Crippen LogP contribution is -2.48. The number of hydrogen-bond donors (Lipinski definition) is 2. The van der Waals surface area contributed by atoms with Gasteiger partial charge in [0, 0.05) is 12.5 Å². The molecule has 6 heteroatoms. The molecule has 1 amide bonds. The number of halogens is 3. The number of nitrogens with one attached hydrogen (secondary N) is 2. The molecule has 0 bridgehead atoms. The molecule has 1 saturated heterocycles. The van der Waals surface area contributed by atoms with Crippen molar-refractivity contribution in [1.82, 2.24) is 10.6 Å². The van der Waals surface area contributed by atoms with Crippen LogP contribution in [0, 0.1) is 5.92 Å². The van der Waals surface area contributed by atoms with Gasteiger partial charge in [-0.05, 0) is 25.4 Å². The summed E-state index contributed by atoms with van der Waals surface area (Å²) in [5.41, 5.74) is 0. The van der Waals surface area contributed by atoms with Crippen LogP contribution in [0.1, 0.15) is 26.2 Å². The van der Waals surface area contributed by atoms with E-state index in [1.165, 1.54) is 0 Å². The van der Waals surface area contributed by atoms with Gasteiger partial charge >= 0.3 is 6.18 Å². The van der Waals surface area contributed by atoms with E-state index in [2.05, 4.69) is 10.6 Å². The van der Waals surface area contributed by atoms with Crippen molar-refractivity contribution in [2.75, 3.05) is 13.1 Å². The molecule has 0 radical (unpaired) electrons. The minimum absolute atomic E-state index is 0.00184. The number of hydrogen-bond acceptors (Lipinski definition) is 2. The van der Waals surface area contributed by atoms with Crippen LogP contribution in [0.15, 0.2) is 0 Å². The molecule has 2 N–H and O–H groups in total. The van der Waals surface area contributed by atoms with E-state index in [-0.39, 0.29) is 12.0 Å². The summed E-state index contributed by atoms with van der Waals surface area (Å²) in [5, 5.41) is 5.82. The van der Waals surface area contributed by atoms with Crippen LogP contribution in [-0.4, -0.2) is 31.2 Å². The molecule has 0 spiro atoms. The van der Waals surface area contributed by atoms with Crippen LogP contribution in [0.5, 0.6) is 0 Å². The van der Waals surface area contributed by atoms with Gasteiger partial charge in [-0.1, -0.05) is 6.92 Å². The fourth-order valence-corrected chi connectivity index (χ4v) is 1.76. The number of carbonyl (C=O) groups is 1. The van der Waals surface area contributed by atoms with E-state index in [1.54, 1.807) is 0 Å². The van der Waals surface area contributed by atoms with Crippen molar-refractivity contribution in [3.63, 3.8) is 0 Å². The highest BCUT2D eigenvalue weighted by molar-refractivity contribution is 5.76. The van der Waals surface area contributed by atoms with Crippen LogP contribution in [0.3, 0.4) is 0 Å². The Balaban J connectivity index is 2.28. The molecule has 0 aromatic rings. The highest BCUT2D eigenvalue weighted by Crippen LogP contribution is 2.21. The summed E-state index contributed by atoms with van der Waals surface area (Å²) in [6, 6.07) is 0.00184. The molecule has 1 heterocycles. The van der Waals surface area contributed by atoms with Gasteiger partial charge in [-0.25, -0.2) is 0 Å². The summed E-state index contributed by atoms with van der Waals surface area (Å²) >= 11 is 0. The van der Waals surface area contributed by atoms with Gasteiger partial charge in [0.1, 0.15) is 0 Å². The quantitative estimate of drug-likeness (QED) is 0.781. The minimum atomic E-state index is -4.25. The zero-order chi connectivity index (χ0) is 12.2. The molecule has 94 valence electrons. The molecule has 16 heavy (non-hydrogen) atoms. The molecule has 2 unspecified atom stereocenters. The van der Waals surface area contributed by atoms with Gasteiger partial charge in [0.25, 0.3) is 0 Å². The van der Waals surface area contributed by atoms with E-state index in [4.69, 9.17) is 0 Å². The first-order chi connectivity index (χ1) is 7.38. The third-order valence-corrected chi connectivity index (χ3v) is 2.77. The monoisotopic (exact) mass is 238 g/mol. The molecule has 0 saturated carbocycles. The summed E-state index contributed by atoms with van der Waals surface area (Å²) in [6.45, 7) is 3.57. The van der Waals surface area contributed by atoms with Crippen LogP contribution >= 0.6 is 0 Å². The van der Waals surface area contributed by atoms with E-state index in [0.29, 0.717) is 0 Å². The Morgan fingerprint density at radius 2 is 2.19 bits per heavy atom. The lowest BCUT2D eigenvalue weighted by molar-refractivity contribution is -0.144. The summed E-state index contributed by atoms with van der Waals surface area (Å²) < 4.78 is 35.6. The predicted octanol–water partition coefficient (Wildman–Crippen LogP) is 1.44. The minimum Gasteiger partial charge on any atom is -0.353 e. The zero-order valence-corrected chi connectivity index (χ0v) is 9.23. The molecule has 1 rings (SSSR count). The summed E-state index contributed by atoms with van der Waals surface area (Å²) in [4.78, 5) is 11.3. The molecule has 2 atom stereocenters. The summed E-state index contributed by atoms with van der Waals surface area (Å²) in [6.07, 6.45) is -4.99. The number of carbonyl (C=O) groups excluding carboxylic acids is 1. The standard InChI is InChI=1S/C10H17F3N2O/c1-7-6-14-5-3-8(7)15-9(16)2-4-10(11,12)13/h7-8,14H,2-6H2,1H3,(H,15,16). The van der Waals surface area contributed by atoms with Crippen LogP contribution < -0.4 is 10.6 Å². The SMILES string of the molecule is CC1CNCCC1NC(=O)CCC(F)(F)F. The molecular formula is C10H17F3N2O. The van der Waals surface area contributed by atoms with Crippen LogP contribution in [0.2, 0.25) is 0 Å². The lowest BCUT2D eigenvalue weighted by atomic mass is 9.95. The van der Waals surface area contributed by atoms with Crippen LogP contribution in [0.25, 0.3) is 0 Å². The first-order valence-corrected chi connectivity index (χ1v) is 5.45. The molecular weight excluding hydrogens is 221 g/mol. The molecule has 0 aliphatic carbocycles. The summed E-state index contributed by atoms with van der Waals surface area (Å²) in [7, 11) is 0. The van der Waals surface area contributed by atoms with E-state index >= 15 is 0 Å². The highest BCUT2D eigenvalue weighted by atomic mass is 19.4. The van der Waals surface area contributed by atoms with E-state index in [0.717, 1.165) is 19.5 Å². The predicted molar refractivity (Wildman–Crippen MR) is 53.9 cm³/mol. The van der Waals surface area contributed by atoms with Crippen molar-refractivity contribution in [2.45, 2.75) is 38.4 Å². The van der Waals surface area contributed by atoms with Gasteiger partial charge < -0.3 is 10.6 Å². The van der Waals surface area contributed by atoms with Gasteiger partial charge in [-0.2, -0.15) is 13.2 Å². The second kappa shape index (κ2) is 5.52. The second-order valence-corrected chi connectivity index (χ2v) is 4.26. The first-order valence-electron chi connectivity index (χ1n) is 5.45. The Bertz CT molecular complexity index is 243. The Hall–Kier alpha value is -0.780. The highest BCUT2D eigenvalue weighted by Gasteiger charge is 2.29. The van der Waals surface area contributed by atoms with Crippen molar-refractivity contribution in [2.24, 2.45) is 5.92 Å². The van der Waals surface area contributed by atoms with Crippen molar-refractivity contribution >= 4 is 5.91 Å². The van der Waals surface area contributed by atoms with E-state index in [9.17, 15) is 18.0 Å². The maximum atomic E-state index is 11.9. The molecule has 1 aliphatic heterocycles. The fourth-order valence-electron chi connectivity index (χ4n) is 1.76. The Morgan fingerprint density at radius 3 is 2.75 bits per heavy atom. The second-order valence-electron chi connectivity index (χ2n) is 4.26. The molecule has 1 aliphatic rings. The van der Waals surface area contributed by atoms with Crippen molar-refractivity contribution in [3.05, 3.63) is 0 Å².